The third-order valence-electron chi connectivity index (χ3n) is 3.91. The summed E-state index contributed by atoms with van der Waals surface area (Å²) in [4.78, 5) is 9.39. The summed E-state index contributed by atoms with van der Waals surface area (Å²) in [5, 5.41) is 0.723. The lowest BCUT2D eigenvalue weighted by Gasteiger charge is -2.39. The van der Waals surface area contributed by atoms with Gasteiger partial charge in [-0.2, -0.15) is 0 Å². The molecule has 5 nitrogen and oxygen atoms in total. The lowest BCUT2D eigenvalue weighted by atomic mass is 10.1. The molecule has 1 aliphatic heterocycles. The zero-order chi connectivity index (χ0) is 14.1. The molecule has 1 aliphatic rings. The molecule has 1 atom stereocenters. The van der Waals surface area contributed by atoms with E-state index in [1.807, 2.05) is 28.9 Å². The number of pyridine rings is 1. The maximum absolute atomic E-state index is 6.00. The molecule has 0 aromatic carbocycles. The number of nitrogens with zero attached hydrogens (tertiary/aromatic N) is 4. The van der Waals surface area contributed by atoms with Gasteiger partial charge in [-0.25, -0.2) is 4.98 Å². The molecule has 20 heavy (non-hydrogen) atoms. The monoisotopic (exact) mass is 293 g/mol. The van der Waals surface area contributed by atoms with Gasteiger partial charge in [-0.15, -0.1) is 0 Å². The topological polar surface area (TPSA) is 49.8 Å². The van der Waals surface area contributed by atoms with Gasteiger partial charge in [0.05, 0.1) is 10.7 Å². The highest BCUT2D eigenvalue weighted by Crippen LogP contribution is 2.15. The zero-order valence-corrected chi connectivity index (χ0v) is 12.4. The minimum absolute atomic E-state index is 0.405. The molecule has 2 aromatic rings. The number of fused-ring (bicyclic) bond motifs is 1. The third-order valence-corrected chi connectivity index (χ3v) is 4.13. The molecule has 0 aliphatic carbocycles. The van der Waals surface area contributed by atoms with Crippen molar-refractivity contribution >= 4 is 17.2 Å². The fourth-order valence-corrected chi connectivity index (χ4v) is 2.95. The number of hydrogen-bond donors (Lipinski definition) is 1. The minimum atomic E-state index is 0.405. The molecule has 2 N–H and O–H groups in total. The number of piperazine rings is 1. The molecule has 1 unspecified atom stereocenters. The fraction of sp³-hybridized carbons (Fsp3) is 0.500. The summed E-state index contributed by atoms with van der Waals surface area (Å²) in [6.07, 6.45) is 3.94. The predicted octanol–water partition coefficient (Wildman–Crippen LogP) is 1.06. The highest BCUT2D eigenvalue weighted by Gasteiger charge is 2.24. The van der Waals surface area contributed by atoms with Crippen molar-refractivity contribution in [3.05, 3.63) is 35.2 Å². The largest absolute Gasteiger partial charge is 0.329 e. The Hall–Kier alpha value is -1.14. The van der Waals surface area contributed by atoms with E-state index in [2.05, 4.69) is 21.8 Å². The van der Waals surface area contributed by atoms with Gasteiger partial charge in [-0.3, -0.25) is 4.90 Å². The molecule has 6 heteroatoms. The highest BCUT2D eigenvalue weighted by molar-refractivity contribution is 6.30. The first kappa shape index (κ1) is 13.8. The van der Waals surface area contributed by atoms with E-state index in [9.17, 15) is 0 Å². The minimum Gasteiger partial charge on any atom is -0.329 e. The van der Waals surface area contributed by atoms with Crippen molar-refractivity contribution in [2.24, 2.45) is 5.73 Å². The lowest BCUT2D eigenvalue weighted by Crippen LogP contribution is -2.54. The van der Waals surface area contributed by atoms with Crippen molar-refractivity contribution in [3.63, 3.8) is 0 Å². The number of rotatable bonds is 3. The van der Waals surface area contributed by atoms with Crippen molar-refractivity contribution in [2.45, 2.75) is 12.6 Å². The molecule has 0 bridgehead atoms. The number of imidazole rings is 1. The van der Waals surface area contributed by atoms with E-state index in [1.165, 1.54) is 0 Å². The molecule has 1 fully saturated rings. The molecular formula is C14H20ClN5. The molecule has 3 heterocycles. The Morgan fingerprint density at radius 3 is 3.00 bits per heavy atom. The molecular weight excluding hydrogens is 274 g/mol. The van der Waals surface area contributed by atoms with Crippen LogP contribution in [0.4, 0.5) is 0 Å². The Kier molecular flexibility index (Phi) is 3.94. The molecule has 3 rings (SSSR count). The molecule has 108 valence electrons. The second-order valence-corrected chi connectivity index (χ2v) is 5.90. The van der Waals surface area contributed by atoms with E-state index >= 15 is 0 Å². The maximum atomic E-state index is 6.00. The van der Waals surface area contributed by atoms with Crippen molar-refractivity contribution in [1.29, 1.82) is 0 Å². The van der Waals surface area contributed by atoms with Gasteiger partial charge >= 0.3 is 0 Å². The van der Waals surface area contributed by atoms with Crippen LogP contribution in [0.15, 0.2) is 24.5 Å². The van der Waals surface area contributed by atoms with Crippen LogP contribution in [0.2, 0.25) is 5.02 Å². The van der Waals surface area contributed by atoms with Crippen LogP contribution in [-0.4, -0.2) is 58.5 Å². The van der Waals surface area contributed by atoms with Gasteiger partial charge in [0.2, 0.25) is 0 Å². The van der Waals surface area contributed by atoms with E-state index in [4.69, 9.17) is 17.3 Å². The number of nitrogens with two attached hydrogens (primary N) is 1. The molecule has 0 spiro atoms. The summed E-state index contributed by atoms with van der Waals surface area (Å²) in [7, 11) is 2.15. The van der Waals surface area contributed by atoms with Gasteiger partial charge in [0.25, 0.3) is 0 Å². The van der Waals surface area contributed by atoms with Crippen LogP contribution in [0.3, 0.4) is 0 Å². The van der Waals surface area contributed by atoms with Crippen LogP contribution in [0.25, 0.3) is 5.65 Å². The van der Waals surface area contributed by atoms with Crippen LogP contribution in [0.1, 0.15) is 5.69 Å². The fourth-order valence-electron chi connectivity index (χ4n) is 2.78. The summed E-state index contributed by atoms with van der Waals surface area (Å²) in [5.74, 6) is 0. The Labute approximate surface area is 123 Å². The Morgan fingerprint density at radius 1 is 1.35 bits per heavy atom. The van der Waals surface area contributed by atoms with Crippen LogP contribution in [-0.2, 0) is 6.54 Å². The maximum Gasteiger partial charge on any atom is 0.137 e. The van der Waals surface area contributed by atoms with E-state index in [0.29, 0.717) is 12.6 Å². The second kappa shape index (κ2) is 5.69. The number of likely N-dealkylation sites (N-methyl/N-ethyl adjacent to an activating group) is 1. The van der Waals surface area contributed by atoms with Crippen LogP contribution in [0.5, 0.6) is 0 Å². The van der Waals surface area contributed by atoms with Gasteiger partial charge in [-0.05, 0) is 19.2 Å². The molecule has 0 amide bonds. The zero-order valence-electron chi connectivity index (χ0n) is 11.7. The summed E-state index contributed by atoms with van der Waals surface area (Å²) in [6, 6.07) is 4.21. The Bertz CT molecular complexity index is 596. The summed E-state index contributed by atoms with van der Waals surface area (Å²) >= 11 is 6.00. The van der Waals surface area contributed by atoms with E-state index in [0.717, 1.165) is 42.5 Å². The van der Waals surface area contributed by atoms with Gasteiger partial charge in [-0.1, -0.05) is 11.6 Å². The van der Waals surface area contributed by atoms with Gasteiger partial charge in [0, 0.05) is 51.2 Å². The number of hydrogen-bond acceptors (Lipinski definition) is 4. The van der Waals surface area contributed by atoms with Crippen LogP contribution >= 0.6 is 11.6 Å². The summed E-state index contributed by atoms with van der Waals surface area (Å²) in [5.41, 5.74) is 7.89. The number of halogens is 1. The van der Waals surface area contributed by atoms with E-state index in [-0.39, 0.29) is 0 Å². The normalized spacial score (nSPS) is 21.6. The number of aromatic nitrogens is 2. The standard InChI is InChI=1S/C14H20ClN5/c1-18-4-5-19(13(6-16)10-18)8-12-9-20-7-11(15)2-3-14(20)17-12/h2-3,7,9,13H,4-6,8,10,16H2,1H3. The second-order valence-electron chi connectivity index (χ2n) is 5.47. The molecule has 0 radical (unpaired) electrons. The molecule has 1 saturated heterocycles. The first-order valence-corrected chi connectivity index (χ1v) is 7.29. The van der Waals surface area contributed by atoms with E-state index in [1.54, 1.807) is 0 Å². The Balaban J connectivity index is 1.78. The van der Waals surface area contributed by atoms with Crippen molar-refractivity contribution in [2.75, 3.05) is 33.2 Å². The van der Waals surface area contributed by atoms with E-state index < -0.39 is 0 Å². The summed E-state index contributed by atoms with van der Waals surface area (Å²) < 4.78 is 1.98. The third kappa shape index (κ3) is 2.81. The average Bonchev–Trinajstić information content (AvgIpc) is 2.82. The first-order chi connectivity index (χ1) is 9.65. The molecule has 2 aromatic heterocycles. The quantitative estimate of drug-likeness (QED) is 0.919. The average molecular weight is 294 g/mol. The van der Waals surface area contributed by atoms with Gasteiger partial charge in [0.1, 0.15) is 5.65 Å². The first-order valence-electron chi connectivity index (χ1n) is 6.91. The SMILES string of the molecule is CN1CCN(Cc2cn3cc(Cl)ccc3n2)C(CN)C1. The van der Waals surface area contributed by atoms with Crippen LogP contribution < -0.4 is 5.73 Å². The van der Waals surface area contributed by atoms with Crippen molar-refractivity contribution in [1.82, 2.24) is 19.2 Å². The van der Waals surface area contributed by atoms with Crippen molar-refractivity contribution in [3.8, 4) is 0 Å². The van der Waals surface area contributed by atoms with Gasteiger partial charge < -0.3 is 15.0 Å². The smallest absolute Gasteiger partial charge is 0.137 e. The highest BCUT2D eigenvalue weighted by atomic mass is 35.5. The molecule has 0 saturated carbocycles. The van der Waals surface area contributed by atoms with Crippen LogP contribution in [0, 0.1) is 0 Å². The predicted molar refractivity (Wildman–Crippen MR) is 81.0 cm³/mol. The van der Waals surface area contributed by atoms with Crippen molar-refractivity contribution < 1.29 is 0 Å². The lowest BCUT2D eigenvalue weighted by molar-refractivity contribution is 0.0871. The Morgan fingerprint density at radius 2 is 2.20 bits per heavy atom. The summed E-state index contributed by atoms with van der Waals surface area (Å²) in [6.45, 7) is 4.66. The van der Waals surface area contributed by atoms with Gasteiger partial charge in [0.15, 0.2) is 0 Å².